The van der Waals surface area contributed by atoms with Crippen molar-refractivity contribution in [3.8, 4) is 0 Å². The number of alkyl halides is 1. The van der Waals surface area contributed by atoms with Crippen molar-refractivity contribution in [3.05, 3.63) is 35.4 Å². The predicted octanol–water partition coefficient (Wildman–Crippen LogP) is 2.69. The summed E-state index contributed by atoms with van der Waals surface area (Å²) in [5.41, 5.74) is 2.76. The van der Waals surface area contributed by atoms with E-state index in [1.54, 1.807) is 0 Å². The predicted molar refractivity (Wildman–Crippen MR) is 73.4 cm³/mol. The molecule has 1 N–H and O–H groups in total. The lowest BCUT2D eigenvalue weighted by molar-refractivity contribution is -0.125. The van der Waals surface area contributed by atoms with Crippen molar-refractivity contribution >= 4 is 21.8 Å². The van der Waals surface area contributed by atoms with Gasteiger partial charge in [0.15, 0.2) is 0 Å². The first-order valence-electron chi connectivity index (χ1n) is 6.21. The zero-order chi connectivity index (χ0) is 12.1. The van der Waals surface area contributed by atoms with Gasteiger partial charge in [-0.1, -0.05) is 40.2 Å². The van der Waals surface area contributed by atoms with Gasteiger partial charge in [0.2, 0.25) is 5.91 Å². The van der Waals surface area contributed by atoms with E-state index >= 15 is 0 Å². The Bertz CT molecular complexity index is 392. The Morgan fingerprint density at radius 2 is 2.12 bits per heavy atom. The number of amides is 1. The lowest BCUT2D eigenvalue weighted by Gasteiger charge is -2.23. The maximum absolute atomic E-state index is 12.0. The zero-order valence-corrected chi connectivity index (χ0v) is 11.5. The van der Waals surface area contributed by atoms with Crippen molar-refractivity contribution in [2.45, 2.75) is 25.7 Å². The van der Waals surface area contributed by atoms with Gasteiger partial charge in [-0.15, -0.1) is 0 Å². The Morgan fingerprint density at radius 3 is 2.88 bits per heavy atom. The molecular weight excluding hydrogens is 278 g/mol. The van der Waals surface area contributed by atoms with Gasteiger partial charge in [0, 0.05) is 17.8 Å². The zero-order valence-electron chi connectivity index (χ0n) is 9.92. The van der Waals surface area contributed by atoms with E-state index in [4.69, 9.17) is 0 Å². The van der Waals surface area contributed by atoms with Crippen molar-refractivity contribution in [2.24, 2.45) is 5.92 Å². The van der Waals surface area contributed by atoms with Crippen LogP contribution in [-0.2, 0) is 17.6 Å². The number of benzene rings is 1. The van der Waals surface area contributed by atoms with Crippen molar-refractivity contribution in [1.82, 2.24) is 5.32 Å². The summed E-state index contributed by atoms with van der Waals surface area (Å²) in [6.45, 7) is 0.780. The van der Waals surface area contributed by atoms with E-state index in [0.717, 1.165) is 37.6 Å². The standard InChI is InChI=1S/C14H18BrNO/c15-8-3-9-16-14(17)13-7-6-11-4-1-2-5-12(11)10-13/h1-2,4-5,13H,3,6-10H2,(H,16,17). The second-order valence-corrected chi connectivity index (χ2v) is 5.33. The summed E-state index contributed by atoms with van der Waals surface area (Å²) in [6, 6.07) is 8.46. The first-order chi connectivity index (χ1) is 8.31. The molecule has 0 radical (unpaired) electrons. The molecule has 0 aliphatic heterocycles. The summed E-state index contributed by atoms with van der Waals surface area (Å²) >= 11 is 3.37. The summed E-state index contributed by atoms with van der Waals surface area (Å²) in [5.74, 6) is 0.390. The molecule has 1 aromatic carbocycles. The van der Waals surface area contributed by atoms with Gasteiger partial charge in [-0.05, 0) is 36.8 Å². The topological polar surface area (TPSA) is 29.1 Å². The molecule has 1 aliphatic carbocycles. The monoisotopic (exact) mass is 295 g/mol. The number of fused-ring (bicyclic) bond motifs is 1. The summed E-state index contributed by atoms with van der Waals surface area (Å²) in [5, 5.41) is 3.96. The van der Waals surface area contributed by atoms with Gasteiger partial charge in [0.1, 0.15) is 0 Å². The molecule has 2 nitrogen and oxygen atoms in total. The molecule has 0 saturated heterocycles. The van der Waals surface area contributed by atoms with Crippen molar-refractivity contribution in [1.29, 1.82) is 0 Å². The average Bonchev–Trinajstić information content (AvgIpc) is 2.38. The van der Waals surface area contributed by atoms with Crippen LogP contribution in [0.4, 0.5) is 0 Å². The highest BCUT2D eigenvalue weighted by molar-refractivity contribution is 9.09. The van der Waals surface area contributed by atoms with Gasteiger partial charge in [0.25, 0.3) is 0 Å². The van der Waals surface area contributed by atoms with Crippen LogP contribution in [-0.4, -0.2) is 17.8 Å². The highest BCUT2D eigenvalue weighted by atomic mass is 79.9. The minimum atomic E-state index is 0.167. The van der Waals surface area contributed by atoms with Crippen LogP contribution >= 0.6 is 15.9 Å². The maximum atomic E-state index is 12.0. The maximum Gasteiger partial charge on any atom is 0.223 e. The molecule has 0 spiro atoms. The number of carbonyl (C=O) groups is 1. The van der Waals surface area contributed by atoms with E-state index in [2.05, 4.69) is 45.5 Å². The second kappa shape index (κ2) is 6.20. The Morgan fingerprint density at radius 1 is 1.35 bits per heavy atom. The number of nitrogens with one attached hydrogen (secondary N) is 1. The molecule has 1 atom stereocenters. The minimum Gasteiger partial charge on any atom is -0.356 e. The van der Waals surface area contributed by atoms with E-state index in [-0.39, 0.29) is 11.8 Å². The molecule has 92 valence electrons. The number of hydrogen-bond acceptors (Lipinski definition) is 1. The Hall–Kier alpha value is -0.830. The molecule has 1 aromatic rings. The van der Waals surface area contributed by atoms with E-state index in [0.29, 0.717) is 0 Å². The number of hydrogen-bond donors (Lipinski definition) is 1. The Balaban J connectivity index is 1.91. The van der Waals surface area contributed by atoms with Crippen molar-refractivity contribution in [3.63, 3.8) is 0 Å². The Labute approximate surface area is 111 Å². The summed E-state index contributed by atoms with van der Waals surface area (Å²) in [6.07, 6.45) is 3.91. The Kier molecular flexibility index (Phi) is 4.60. The van der Waals surface area contributed by atoms with Gasteiger partial charge < -0.3 is 5.32 Å². The highest BCUT2D eigenvalue weighted by Gasteiger charge is 2.23. The molecule has 0 heterocycles. The SMILES string of the molecule is O=C(NCCCBr)C1CCc2ccccc2C1. The average molecular weight is 296 g/mol. The smallest absolute Gasteiger partial charge is 0.223 e. The molecule has 0 bridgehead atoms. The van der Waals surface area contributed by atoms with Crippen molar-refractivity contribution in [2.75, 3.05) is 11.9 Å². The first kappa shape index (κ1) is 12.6. The van der Waals surface area contributed by atoms with Crippen LogP contribution in [0.25, 0.3) is 0 Å². The van der Waals surface area contributed by atoms with Crippen LogP contribution in [0.5, 0.6) is 0 Å². The van der Waals surface area contributed by atoms with Gasteiger partial charge in [-0.2, -0.15) is 0 Å². The fourth-order valence-electron chi connectivity index (χ4n) is 2.34. The largest absolute Gasteiger partial charge is 0.356 e. The van der Waals surface area contributed by atoms with Gasteiger partial charge in [0.05, 0.1) is 0 Å². The van der Waals surface area contributed by atoms with Gasteiger partial charge in [-0.25, -0.2) is 0 Å². The first-order valence-corrected chi connectivity index (χ1v) is 7.34. The molecule has 3 heteroatoms. The number of rotatable bonds is 4. The quantitative estimate of drug-likeness (QED) is 0.672. The molecule has 0 fully saturated rings. The molecule has 1 aliphatic rings. The fourth-order valence-corrected chi connectivity index (χ4v) is 2.62. The van der Waals surface area contributed by atoms with E-state index in [1.165, 1.54) is 11.1 Å². The number of carbonyl (C=O) groups excluding carboxylic acids is 1. The van der Waals surface area contributed by atoms with Crippen LogP contribution in [0.3, 0.4) is 0 Å². The molecular formula is C14H18BrNO. The normalized spacial score (nSPS) is 18.5. The molecule has 2 rings (SSSR count). The van der Waals surface area contributed by atoms with Crippen LogP contribution in [0, 0.1) is 5.92 Å². The summed E-state index contributed by atoms with van der Waals surface area (Å²) < 4.78 is 0. The molecule has 0 aromatic heterocycles. The van der Waals surface area contributed by atoms with E-state index in [9.17, 15) is 4.79 Å². The lowest BCUT2D eigenvalue weighted by Crippen LogP contribution is -2.34. The van der Waals surface area contributed by atoms with Crippen molar-refractivity contribution < 1.29 is 4.79 Å². The highest BCUT2D eigenvalue weighted by Crippen LogP contribution is 2.25. The number of halogens is 1. The van der Waals surface area contributed by atoms with Crippen LogP contribution in [0.2, 0.25) is 0 Å². The lowest BCUT2D eigenvalue weighted by atomic mass is 9.83. The number of aryl methyl sites for hydroxylation is 1. The van der Waals surface area contributed by atoms with Crippen LogP contribution in [0.15, 0.2) is 24.3 Å². The van der Waals surface area contributed by atoms with Gasteiger partial charge in [-0.3, -0.25) is 4.79 Å². The van der Waals surface area contributed by atoms with Crippen LogP contribution in [0.1, 0.15) is 24.0 Å². The third-order valence-electron chi connectivity index (χ3n) is 3.33. The molecule has 0 saturated carbocycles. The third kappa shape index (κ3) is 3.32. The minimum absolute atomic E-state index is 0.167. The fraction of sp³-hybridized carbons (Fsp3) is 0.500. The van der Waals surface area contributed by atoms with Gasteiger partial charge >= 0.3 is 0 Å². The van der Waals surface area contributed by atoms with E-state index < -0.39 is 0 Å². The molecule has 1 amide bonds. The third-order valence-corrected chi connectivity index (χ3v) is 3.89. The molecule has 17 heavy (non-hydrogen) atoms. The summed E-state index contributed by atoms with van der Waals surface area (Å²) in [7, 11) is 0. The summed E-state index contributed by atoms with van der Waals surface area (Å²) in [4.78, 5) is 12.0. The second-order valence-electron chi connectivity index (χ2n) is 4.54. The molecule has 1 unspecified atom stereocenters. The van der Waals surface area contributed by atoms with E-state index in [1.807, 2.05) is 0 Å². The van der Waals surface area contributed by atoms with Crippen LogP contribution < -0.4 is 5.32 Å².